The SMILES string of the molecule is CCCC[C@@](C)(CO[P@](=O)(N[C@@H](C)C(=O)OC(C)C)Oc1ccc(Cl)cc1)n1c(COCC)nc2c(N)nc3ccccc3c21. The number of esters is 1. The van der Waals surface area contributed by atoms with Gasteiger partial charge in [-0.15, -0.1) is 0 Å². The predicted molar refractivity (Wildman–Crippen MR) is 177 cm³/mol. The molecule has 0 amide bonds. The van der Waals surface area contributed by atoms with Crippen molar-refractivity contribution in [2.45, 2.75) is 85.1 Å². The number of anilines is 1. The van der Waals surface area contributed by atoms with Gasteiger partial charge in [-0.3, -0.25) is 9.32 Å². The van der Waals surface area contributed by atoms with Crippen LogP contribution in [0, 0.1) is 0 Å². The summed E-state index contributed by atoms with van der Waals surface area (Å²) < 4.78 is 40.0. The quantitative estimate of drug-likeness (QED) is 0.0924. The van der Waals surface area contributed by atoms with Gasteiger partial charge in [0.05, 0.1) is 29.3 Å². The summed E-state index contributed by atoms with van der Waals surface area (Å²) in [5.74, 6) is 0.602. The maximum atomic E-state index is 14.5. The number of benzene rings is 2. The van der Waals surface area contributed by atoms with Crippen LogP contribution in [0.3, 0.4) is 0 Å². The lowest BCUT2D eigenvalue weighted by Gasteiger charge is -2.35. The number of hydrogen-bond acceptors (Lipinski definition) is 9. The fourth-order valence-electron chi connectivity index (χ4n) is 5.10. The van der Waals surface area contributed by atoms with E-state index in [1.54, 1.807) is 45.0 Å². The van der Waals surface area contributed by atoms with Crippen LogP contribution in [0.5, 0.6) is 5.75 Å². The van der Waals surface area contributed by atoms with Crippen molar-refractivity contribution >= 4 is 53.1 Å². The molecule has 0 aliphatic heterocycles. The zero-order valence-electron chi connectivity index (χ0n) is 26.7. The van der Waals surface area contributed by atoms with Crippen molar-refractivity contribution in [2.75, 3.05) is 18.9 Å². The number of para-hydroxylation sites is 1. The Morgan fingerprint density at radius 1 is 1.11 bits per heavy atom. The standard InChI is InChI=1S/C32H43ClN5O6P/c1-7-9-18-32(6,38-27(19-41-8-2)36-28-29(38)25-12-10-11-13-26(25)35-30(28)34)20-42-45(40,37-22(5)31(39)43-21(3)4)44-24-16-14-23(33)15-17-24/h10-17,21-22H,7-9,18-20H2,1-6H3,(H2,34,35)(H,37,40)/t22-,32-,45+/m0/s1. The summed E-state index contributed by atoms with van der Waals surface area (Å²) in [6, 6.07) is 13.1. The highest BCUT2D eigenvalue weighted by Gasteiger charge is 2.39. The number of aromatic nitrogens is 3. The molecule has 0 spiro atoms. The first-order chi connectivity index (χ1) is 21.4. The predicted octanol–water partition coefficient (Wildman–Crippen LogP) is 7.40. The average Bonchev–Trinajstić information content (AvgIpc) is 3.40. The molecular weight excluding hydrogens is 617 g/mol. The Bertz CT molecular complexity index is 1660. The molecule has 45 heavy (non-hydrogen) atoms. The van der Waals surface area contributed by atoms with Crippen molar-refractivity contribution in [1.29, 1.82) is 0 Å². The second-order valence-corrected chi connectivity index (χ2v) is 13.6. The number of pyridine rings is 1. The number of nitrogens with zero attached hydrogens (tertiary/aromatic N) is 3. The third kappa shape index (κ3) is 8.34. The smallest absolute Gasteiger partial charge is 0.459 e. The molecule has 0 radical (unpaired) electrons. The second kappa shape index (κ2) is 14.9. The van der Waals surface area contributed by atoms with E-state index < -0.39 is 25.3 Å². The number of nitrogens with one attached hydrogen (secondary N) is 1. The molecule has 0 aliphatic rings. The van der Waals surface area contributed by atoms with Crippen LogP contribution in [-0.2, 0) is 35.5 Å². The van der Waals surface area contributed by atoms with Crippen LogP contribution >= 0.6 is 19.3 Å². The summed E-state index contributed by atoms with van der Waals surface area (Å²) >= 11 is 6.07. The van der Waals surface area contributed by atoms with E-state index in [0.29, 0.717) is 35.2 Å². The van der Waals surface area contributed by atoms with E-state index >= 15 is 0 Å². The van der Waals surface area contributed by atoms with Gasteiger partial charge < -0.3 is 24.3 Å². The number of imidazole rings is 1. The molecule has 0 fully saturated rings. The van der Waals surface area contributed by atoms with Crippen molar-refractivity contribution in [3.05, 3.63) is 59.4 Å². The van der Waals surface area contributed by atoms with Gasteiger partial charge in [0.25, 0.3) is 0 Å². The Morgan fingerprint density at radius 3 is 2.49 bits per heavy atom. The number of nitrogen functional groups attached to an aromatic ring is 1. The molecule has 0 unspecified atom stereocenters. The minimum atomic E-state index is -4.19. The molecule has 11 nitrogen and oxygen atoms in total. The summed E-state index contributed by atoms with van der Waals surface area (Å²) in [5.41, 5.74) is 7.69. The average molecular weight is 660 g/mol. The second-order valence-electron chi connectivity index (χ2n) is 11.5. The van der Waals surface area contributed by atoms with Gasteiger partial charge in [-0.25, -0.2) is 14.5 Å². The molecule has 4 rings (SSSR count). The molecule has 2 heterocycles. The summed E-state index contributed by atoms with van der Waals surface area (Å²) in [5, 5.41) is 4.14. The Labute approximate surface area is 269 Å². The van der Waals surface area contributed by atoms with Crippen LogP contribution in [0.2, 0.25) is 5.02 Å². The number of fused-ring (bicyclic) bond motifs is 3. The van der Waals surface area contributed by atoms with E-state index in [4.69, 9.17) is 40.8 Å². The molecule has 13 heteroatoms. The number of ether oxygens (including phenoxy) is 2. The van der Waals surface area contributed by atoms with Crippen molar-refractivity contribution in [1.82, 2.24) is 19.6 Å². The number of nitrogens with two attached hydrogens (primary N) is 1. The highest BCUT2D eigenvalue weighted by molar-refractivity contribution is 7.52. The summed E-state index contributed by atoms with van der Waals surface area (Å²) in [6.07, 6.45) is 2.02. The molecule has 2 aromatic heterocycles. The van der Waals surface area contributed by atoms with E-state index in [1.807, 2.05) is 38.1 Å². The minimum Gasteiger partial charge on any atom is -0.462 e. The molecule has 0 saturated heterocycles. The molecule has 244 valence electrons. The maximum Gasteiger partial charge on any atom is 0.459 e. The van der Waals surface area contributed by atoms with Gasteiger partial charge in [-0.05, 0) is 71.4 Å². The fraction of sp³-hybridized carbons (Fsp3) is 0.469. The third-order valence-corrected chi connectivity index (χ3v) is 9.15. The number of rotatable bonds is 16. The lowest BCUT2D eigenvalue weighted by molar-refractivity contribution is -0.149. The third-order valence-electron chi connectivity index (χ3n) is 7.28. The van der Waals surface area contributed by atoms with Gasteiger partial charge in [0.2, 0.25) is 0 Å². The zero-order chi connectivity index (χ0) is 32.8. The number of hydrogen-bond donors (Lipinski definition) is 2. The van der Waals surface area contributed by atoms with E-state index in [1.165, 1.54) is 0 Å². The molecule has 2 aromatic carbocycles. The van der Waals surface area contributed by atoms with Crippen molar-refractivity contribution in [2.24, 2.45) is 0 Å². The first kappa shape index (κ1) is 34.7. The minimum absolute atomic E-state index is 0.0715. The van der Waals surface area contributed by atoms with Crippen molar-refractivity contribution < 1.29 is 27.9 Å². The molecule has 0 bridgehead atoms. The molecule has 3 N–H and O–H groups in total. The molecule has 3 atom stereocenters. The Hall–Kier alpha value is -3.21. The van der Waals surface area contributed by atoms with Crippen LogP contribution in [0.15, 0.2) is 48.5 Å². The largest absolute Gasteiger partial charge is 0.462 e. The number of carbonyl (C=O) groups excluding carboxylic acids is 1. The Kier molecular flexibility index (Phi) is 11.5. The molecule has 4 aromatic rings. The van der Waals surface area contributed by atoms with Gasteiger partial charge in [-0.2, -0.15) is 5.09 Å². The topological polar surface area (TPSA) is 140 Å². The van der Waals surface area contributed by atoms with Gasteiger partial charge in [-0.1, -0.05) is 49.6 Å². The fourth-order valence-corrected chi connectivity index (χ4v) is 6.83. The van der Waals surface area contributed by atoms with Gasteiger partial charge in [0, 0.05) is 17.0 Å². The lowest BCUT2D eigenvalue weighted by Crippen LogP contribution is -2.40. The zero-order valence-corrected chi connectivity index (χ0v) is 28.4. The summed E-state index contributed by atoms with van der Waals surface area (Å²) in [6.45, 7) is 11.7. The van der Waals surface area contributed by atoms with Crippen LogP contribution < -0.4 is 15.3 Å². The Balaban J connectivity index is 1.81. The monoisotopic (exact) mass is 659 g/mol. The van der Waals surface area contributed by atoms with E-state index in [0.717, 1.165) is 29.3 Å². The molecule has 0 aliphatic carbocycles. The highest BCUT2D eigenvalue weighted by atomic mass is 35.5. The van der Waals surface area contributed by atoms with E-state index in [-0.39, 0.29) is 25.1 Å². The van der Waals surface area contributed by atoms with E-state index in [9.17, 15) is 9.36 Å². The van der Waals surface area contributed by atoms with Gasteiger partial charge >= 0.3 is 13.7 Å². The lowest BCUT2D eigenvalue weighted by atomic mass is 9.94. The summed E-state index contributed by atoms with van der Waals surface area (Å²) in [4.78, 5) is 22.2. The van der Waals surface area contributed by atoms with Crippen LogP contribution in [0.1, 0.15) is 66.6 Å². The first-order valence-corrected chi connectivity index (χ1v) is 17.1. The first-order valence-electron chi connectivity index (χ1n) is 15.2. The number of carbonyl (C=O) groups is 1. The van der Waals surface area contributed by atoms with Gasteiger partial charge in [0.15, 0.2) is 5.82 Å². The number of unbranched alkanes of at least 4 members (excludes halogenated alkanes) is 1. The summed E-state index contributed by atoms with van der Waals surface area (Å²) in [7, 11) is -4.19. The van der Waals surface area contributed by atoms with E-state index in [2.05, 4.69) is 21.6 Å². The molecule has 0 saturated carbocycles. The number of halogens is 1. The maximum absolute atomic E-state index is 14.5. The molecular formula is C32H43ClN5O6P. The van der Waals surface area contributed by atoms with Gasteiger partial charge in [0.1, 0.15) is 29.7 Å². The van der Waals surface area contributed by atoms with Crippen LogP contribution in [0.4, 0.5) is 5.82 Å². The highest BCUT2D eigenvalue weighted by Crippen LogP contribution is 2.47. The van der Waals surface area contributed by atoms with Crippen molar-refractivity contribution in [3.8, 4) is 5.75 Å². The van der Waals surface area contributed by atoms with Crippen LogP contribution in [0.25, 0.3) is 21.9 Å². The van der Waals surface area contributed by atoms with Crippen molar-refractivity contribution in [3.63, 3.8) is 0 Å². The van der Waals surface area contributed by atoms with Crippen LogP contribution in [-0.4, -0.2) is 45.9 Å². The normalized spacial score (nSPS) is 15.2. The Morgan fingerprint density at radius 2 is 1.82 bits per heavy atom.